The zero-order chi connectivity index (χ0) is 18.0. The lowest BCUT2D eigenvalue weighted by atomic mass is 9.84. The van der Waals surface area contributed by atoms with E-state index in [-0.39, 0.29) is 41.5 Å². The second kappa shape index (κ2) is 6.83. The molecule has 1 aromatic rings. The van der Waals surface area contributed by atoms with Gasteiger partial charge in [-0.3, -0.25) is 9.59 Å². The molecule has 6 heteroatoms. The van der Waals surface area contributed by atoms with Crippen molar-refractivity contribution in [2.75, 3.05) is 6.61 Å². The Kier molecular flexibility index (Phi) is 4.76. The maximum atomic E-state index is 13.7. The quantitative estimate of drug-likeness (QED) is 0.787. The molecule has 3 rings (SSSR count). The van der Waals surface area contributed by atoms with E-state index >= 15 is 0 Å². The molecule has 1 aromatic carbocycles. The van der Waals surface area contributed by atoms with E-state index in [1.54, 1.807) is 13.0 Å². The summed E-state index contributed by atoms with van der Waals surface area (Å²) in [7, 11) is 0. The summed E-state index contributed by atoms with van der Waals surface area (Å²) in [5.41, 5.74) is -1.46. The number of nitrogens with zero attached hydrogens (tertiary/aromatic N) is 1. The van der Waals surface area contributed by atoms with Crippen molar-refractivity contribution in [3.63, 3.8) is 0 Å². The monoisotopic (exact) mass is 345 g/mol. The molecule has 2 fully saturated rings. The largest absolute Gasteiger partial charge is 0.489 e. The Balaban J connectivity index is 1.79. The van der Waals surface area contributed by atoms with Crippen molar-refractivity contribution in [1.29, 1.82) is 5.26 Å². The molecule has 1 saturated carbocycles. The predicted molar refractivity (Wildman–Crippen MR) is 86.2 cm³/mol. The Labute approximate surface area is 145 Å². The molecule has 0 N–H and O–H groups in total. The van der Waals surface area contributed by atoms with Crippen LogP contribution in [0.5, 0.6) is 5.75 Å². The molecule has 0 amide bonds. The maximum Gasteiger partial charge on any atom is 0.310 e. The van der Waals surface area contributed by atoms with Crippen LogP contribution in [-0.2, 0) is 14.3 Å². The summed E-state index contributed by atoms with van der Waals surface area (Å²) in [6.07, 6.45) is 3.73. The number of cyclic esters (lactones) is 1. The summed E-state index contributed by atoms with van der Waals surface area (Å²) in [5, 5.41) is 8.76. The highest BCUT2D eigenvalue weighted by atomic mass is 19.1. The van der Waals surface area contributed by atoms with E-state index in [0.29, 0.717) is 12.8 Å². The zero-order valence-electron chi connectivity index (χ0n) is 14.1. The number of rotatable bonds is 3. The van der Waals surface area contributed by atoms with Crippen LogP contribution >= 0.6 is 0 Å². The number of benzene rings is 1. The first-order valence-corrected chi connectivity index (χ1v) is 8.52. The van der Waals surface area contributed by atoms with Gasteiger partial charge in [0.25, 0.3) is 0 Å². The summed E-state index contributed by atoms with van der Waals surface area (Å²) in [6, 6.07) is 5.60. The van der Waals surface area contributed by atoms with Gasteiger partial charge in [-0.05, 0) is 44.7 Å². The molecule has 0 spiro atoms. The van der Waals surface area contributed by atoms with Crippen molar-refractivity contribution < 1.29 is 23.5 Å². The fraction of sp³-hybridized carbons (Fsp3) is 0.526. The normalized spacial score (nSPS) is 29.2. The summed E-state index contributed by atoms with van der Waals surface area (Å²) < 4.78 is 24.8. The first-order chi connectivity index (χ1) is 11.9. The third-order valence-electron chi connectivity index (χ3n) is 5.10. The number of fused-ring (bicyclic) bond motifs is 3. The van der Waals surface area contributed by atoms with Crippen LogP contribution in [0.2, 0.25) is 0 Å². The van der Waals surface area contributed by atoms with Gasteiger partial charge in [-0.1, -0.05) is 6.42 Å². The van der Waals surface area contributed by atoms with E-state index in [9.17, 15) is 14.0 Å². The van der Waals surface area contributed by atoms with Crippen molar-refractivity contribution in [2.45, 2.75) is 44.6 Å². The van der Waals surface area contributed by atoms with Gasteiger partial charge in [-0.15, -0.1) is 0 Å². The topological polar surface area (TPSA) is 76.4 Å². The highest BCUT2D eigenvalue weighted by Gasteiger charge is 2.46. The Morgan fingerprint density at radius 3 is 2.72 bits per heavy atom. The molecule has 5 nitrogen and oxygen atoms in total. The van der Waals surface area contributed by atoms with Crippen molar-refractivity contribution in [1.82, 2.24) is 0 Å². The molecule has 25 heavy (non-hydrogen) atoms. The maximum absolute atomic E-state index is 13.7. The van der Waals surface area contributed by atoms with Gasteiger partial charge in [-0.25, -0.2) is 4.39 Å². The fourth-order valence-corrected chi connectivity index (χ4v) is 3.58. The Morgan fingerprint density at radius 2 is 2.00 bits per heavy atom. The predicted octanol–water partition coefficient (Wildman–Crippen LogP) is 3.16. The number of esters is 1. The minimum absolute atomic E-state index is 0.0826. The molecule has 1 aliphatic heterocycles. The fourth-order valence-electron chi connectivity index (χ4n) is 3.58. The second-order valence-electron chi connectivity index (χ2n) is 6.96. The van der Waals surface area contributed by atoms with Gasteiger partial charge in [-0.2, -0.15) is 5.26 Å². The van der Waals surface area contributed by atoms with Crippen LogP contribution in [0, 0.1) is 29.0 Å². The summed E-state index contributed by atoms with van der Waals surface area (Å²) >= 11 is 0. The molecule has 2 bridgehead atoms. The average Bonchev–Trinajstić information content (AvgIpc) is 2.83. The van der Waals surface area contributed by atoms with Crippen LogP contribution in [0.1, 0.15) is 44.6 Å². The molecule has 1 unspecified atom stereocenters. The van der Waals surface area contributed by atoms with Crippen molar-refractivity contribution in [3.8, 4) is 11.8 Å². The molecular formula is C19H20FNO4. The van der Waals surface area contributed by atoms with Crippen LogP contribution in [0.25, 0.3) is 0 Å². The van der Waals surface area contributed by atoms with Gasteiger partial charge in [0.1, 0.15) is 24.2 Å². The lowest BCUT2D eigenvalue weighted by Gasteiger charge is -2.33. The summed E-state index contributed by atoms with van der Waals surface area (Å²) in [5.74, 6) is -1.29. The number of carbonyl (C=O) groups is 2. The number of Topliss-reactive ketones (excluding diaryl/α,β-unsaturated/α-hetero) is 1. The van der Waals surface area contributed by atoms with E-state index in [1.165, 1.54) is 12.1 Å². The van der Waals surface area contributed by atoms with E-state index < -0.39 is 11.4 Å². The molecule has 3 atom stereocenters. The van der Waals surface area contributed by atoms with E-state index in [2.05, 4.69) is 0 Å². The molecule has 1 heterocycles. The first-order valence-electron chi connectivity index (χ1n) is 8.52. The van der Waals surface area contributed by atoms with E-state index in [4.69, 9.17) is 14.7 Å². The summed E-state index contributed by atoms with van der Waals surface area (Å²) in [4.78, 5) is 25.2. The standard InChI is InChI=1S/C19H20FNO4/c1-19(11-24-15-8-7-14(10-21)16(20)9-15)17(22)12-3-2-4-13(6-5-12)18(23)25-19/h7-9,12-13H,2-6,11H2,1H3/t12?,13-,19+/m0/s1. The Hall–Kier alpha value is -2.42. The molecular weight excluding hydrogens is 325 g/mol. The lowest BCUT2D eigenvalue weighted by molar-refractivity contribution is -0.176. The van der Waals surface area contributed by atoms with Crippen LogP contribution < -0.4 is 4.74 Å². The number of nitriles is 1. The van der Waals surface area contributed by atoms with Gasteiger partial charge in [0.2, 0.25) is 5.60 Å². The molecule has 1 saturated heterocycles. The third kappa shape index (κ3) is 3.51. The van der Waals surface area contributed by atoms with Crippen LogP contribution in [0.4, 0.5) is 4.39 Å². The van der Waals surface area contributed by atoms with Gasteiger partial charge in [0.15, 0.2) is 5.78 Å². The van der Waals surface area contributed by atoms with E-state index in [0.717, 1.165) is 25.3 Å². The Morgan fingerprint density at radius 1 is 1.28 bits per heavy atom. The number of ether oxygens (including phenoxy) is 2. The van der Waals surface area contributed by atoms with Gasteiger partial charge in [0, 0.05) is 12.0 Å². The molecule has 132 valence electrons. The highest BCUT2D eigenvalue weighted by molar-refractivity contribution is 5.92. The van der Waals surface area contributed by atoms with Gasteiger partial charge in [0.05, 0.1) is 11.5 Å². The van der Waals surface area contributed by atoms with Crippen LogP contribution in [0.15, 0.2) is 18.2 Å². The SMILES string of the molecule is C[C@]1(COc2ccc(C#N)c(F)c2)OC(=O)[C@H]2CCCC(CC2)C1=O. The van der Waals surface area contributed by atoms with Gasteiger partial charge < -0.3 is 9.47 Å². The number of carbonyl (C=O) groups excluding carboxylic acids is 2. The third-order valence-corrected chi connectivity index (χ3v) is 5.10. The number of hydrogen-bond donors (Lipinski definition) is 0. The van der Waals surface area contributed by atoms with Crippen molar-refractivity contribution in [2.24, 2.45) is 11.8 Å². The number of hydrogen-bond acceptors (Lipinski definition) is 5. The number of ketones is 1. The first kappa shape index (κ1) is 17.4. The number of halogens is 1. The van der Waals surface area contributed by atoms with Crippen molar-refractivity contribution in [3.05, 3.63) is 29.6 Å². The summed E-state index contributed by atoms with van der Waals surface area (Å²) in [6.45, 7) is 1.39. The minimum atomic E-state index is -1.38. The van der Waals surface area contributed by atoms with Gasteiger partial charge >= 0.3 is 5.97 Å². The molecule has 2 aliphatic rings. The molecule has 0 aromatic heterocycles. The molecule has 0 radical (unpaired) electrons. The zero-order valence-corrected chi connectivity index (χ0v) is 14.1. The smallest absolute Gasteiger partial charge is 0.310 e. The molecule has 1 aliphatic carbocycles. The average molecular weight is 345 g/mol. The van der Waals surface area contributed by atoms with Crippen LogP contribution in [0.3, 0.4) is 0 Å². The van der Waals surface area contributed by atoms with Crippen LogP contribution in [-0.4, -0.2) is 24.0 Å². The highest BCUT2D eigenvalue weighted by Crippen LogP contribution is 2.36. The van der Waals surface area contributed by atoms with E-state index in [1.807, 2.05) is 0 Å². The van der Waals surface area contributed by atoms with Crippen molar-refractivity contribution >= 4 is 11.8 Å². The Bertz CT molecular complexity index is 741. The second-order valence-corrected chi connectivity index (χ2v) is 6.96. The minimum Gasteiger partial charge on any atom is -0.489 e. The lowest BCUT2D eigenvalue weighted by Crippen LogP contribution is -2.50.